The number of piperidine rings is 1. The van der Waals surface area contributed by atoms with E-state index in [1.54, 1.807) is 0 Å². The molecule has 0 unspecified atom stereocenters. The highest BCUT2D eigenvalue weighted by atomic mass is 35.5. The number of benzene rings is 2. The van der Waals surface area contributed by atoms with Crippen molar-refractivity contribution in [3.63, 3.8) is 0 Å². The zero-order valence-electron chi connectivity index (χ0n) is 21.4. The van der Waals surface area contributed by atoms with Crippen LogP contribution in [-0.4, -0.2) is 86.5 Å². The molecule has 0 aliphatic carbocycles. The Hall–Kier alpha value is -3.04. The molecule has 0 aromatic heterocycles. The van der Waals surface area contributed by atoms with Crippen LogP contribution in [0.1, 0.15) is 19.3 Å². The molecule has 2 aliphatic rings. The van der Waals surface area contributed by atoms with Crippen LogP contribution in [0.25, 0.3) is 0 Å². The largest absolute Gasteiger partial charge is 0.451 e. The number of hydrogen-bond donors (Lipinski definition) is 1. The van der Waals surface area contributed by atoms with Crippen LogP contribution >= 0.6 is 11.6 Å². The van der Waals surface area contributed by atoms with Crippen molar-refractivity contribution in [1.82, 2.24) is 14.1 Å². The number of rotatable bonds is 8. The van der Waals surface area contributed by atoms with Gasteiger partial charge in [-0.2, -0.15) is 10.2 Å². The standard InChI is InChI=1S/C25H29ClF2N4O7S/c26-17-4-6-18(7-5-17)38-23-20(27)14-19(15-21(23)28)40(35,36)32-11-10-31(16-22(32)24(33)39-29)25(34)37-13-12-30-8-2-1-3-9-30/h4-7,14-15,22H,1-3,8-13,16,29H2/t22-/m1/s1. The van der Waals surface area contributed by atoms with Gasteiger partial charge in [0.1, 0.15) is 18.4 Å². The zero-order valence-corrected chi connectivity index (χ0v) is 23.0. The van der Waals surface area contributed by atoms with Crippen molar-refractivity contribution in [1.29, 1.82) is 0 Å². The Morgan fingerprint density at radius 1 is 1.00 bits per heavy atom. The average molecular weight is 603 g/mol. The van der Waals surface area contributed by atoms with E-state index in [9.17, 15) is 26.8 Å². The number of sulfonamides is 1. The van der Waals surface area contributed by atoms with Crippen LogP contribution < -0.4 is 10.6 Å². The van der Waals surface area contributed by atoms with Gasteiger partial charge in [-0.05, 0) is 62.3 Å². The third-order valence-corrected chi connectivity index (χ3v) is 8.81. The van der Waals surface area contributed by atoms with Gasteiger partial charge >= 0.3 is 12.1 Å². The van der Waals surface area contributed by atoms with Gasteiger partial charge in [-0.15, -0.1) is 0 Å². The van der Waals surface area contributed by atoms with E-state index in [4.69, 9.17) is 27.0 Å². The lowest BCUT2D eigenvalue weighted by Crippen LogP contribution is -2.60. The molecule has 40 heavy (non-hydrogen) atoms. The Kier molecular flexibility index (Phi) is 9.79. The number of hydrogen-bond acceptors (Lipinski definition) is 9. The Balaban J connectivity index is 1.47. The number of nitrogens with two attached hydrogens (primary N) is 1. The minimum Gasteiger partial charge on any atom is -0.451 e. The summed E-state index contributed by atoms with van der Waals surface area (Å²) in [5.74, 6) is 0.541. The van der Waals surface area contributed by atoms with E-state index in [2.05, 4.69) is 9.74 Å². The normalized spacial score (nSPS) is 18.8. The third kappa shape index (κ3) is 6.99. The fourth-order valence-electron chi connectivity index (χ4n) is 4.57. The van der Waals surface area contributed by atoms with Crippen LogP contribution in [-0.2, 0) is 24.4 Å². The molecular weight excluding hydrogens is 574 g/mol. The minimum absolute atomic E-state index is 0.0718. The number of piperazine rings is 1. The quantitative estimate of drug-likeness (QED) is 0.453. The first-order valence-electron chi connectivity index (χ1n) is 12.6. The summed E-state index contributed by atoms with van der Waals surface area (Å²) < 4.78 is 67.8. The van der Waals surface area contributed by atoms with Gasteiger partial charge in [0.25, 0.3) is 0 Å². The van der Waals surface area contributed by atoms with Crippen LogP contribution in [0, 0.1) is 11.6 Å². The summed E-state index contributed by atoms with van der Waals surface area (Å²) in [6, 6.07) is 5.25. The summed E-state index contributed by atoms with van der Waals surface area (Å²) in [4.78, 5) is 31.9. The van der Waals surface area contributed by atoms with Crippen molar-refractivity contribution >= 4 is 33.7 Å². The molecule has 218 valence electrons. The van der Waals surface area contributed by atoms with Crippen molar-refractivity contribution in [2.75, 3.05) is 45.9 Å². The molecule has 2 heterocycles. The maximum Gasteiger partial charge on any atom is 0.409 e. The Bertz CT molecular complexity index is 1300. The van der Waals surface area contributed by atoms with Crippen LogP contribution in [0.3, 0.4) is 0 Å². The van der Waals surface area contributed by atoms with Crippen LogP contribution in [0.5, 0.6) is 11.5 Å². The molecule has 2 aliphatic heterocycles. The van der Waals surface area contributed by atoms with Gasteiger partial charge in [0.2, 0.25) is 10.0 Å². The maximum atomic E-state index is 14.9. The SMILES string of the molecule is NOC(=O)[C@H]1CN(C(=O)OCCN2CCCCC2)CCN1S(=O)(=O)c1cc(F)c(Oc2ccc(Cl)cc2)c(F)c1. The summed E-state index contributed by atoms with van der Waals surface area (Å²) in [5.41, 5.74) is 0. The van der Waals surface area contributed by atoms with Gasteiger partial charge in [-0.25, -0.2) is 26.8 Å². The fraction of sp³-hybridized carbons (Fsp3) is 0.440. The molecule has 0 spiro atoms. The van der Waals surface area contributed by atoms with Crippen molar-refractivity contribution in [3.05, 3.63) is 53.1 Å². The Labute approximate surface area is 235 Å². The van der Waals surface area contributed by atoms with E-state index in [0.29, 0.717) is 28.0 Å². The lowest BCUT2D eigenvalue weighted by molar-refractivity contribution is -0.150. The summed E-state index contributed by atoms with van der Waals surface area (Å²) >= 11 is 5.80. The van der Waals surface area contributed by atoms with Crippen molar-refractivity contribution in [2.45, 2.75) is 30.2 Å². The van der Waals surface area contributed by atoms with E-state index >= 15 is 0 Å². The molecule has 2 aromatic carbocycles. The second-order valence-corrected chi connectivity index (χ2v) is 11.6. The van der Waals surface area contributed by atoms with Crippen LogP contribution in [0.15, 0.2) is 41.3 Å². The molecule has 0 radical (unpaired) electrons. The fourth-order valence-corrected chi connectivity index (χ4v) is 6.28. The van der Waals surface area contributed by atoms with Crippen molar-refractivity contribution in [2.24, 2.45) is 5.90 Å². The first-order valence-corrected chi connectivity index (χ1v) is 14.4. The summed E-state index contributed by atoms with van der Waals surface area (Å²) in [5, 5.41) is 0.381. The van der Waals surface area contributed by atoms with E-state index in [1.807, 2.05) is 0 Å². The second kappa shape index (κ2) is 13.1. The number of amides is 1. The molecule has 11 nitrogen and oxygen atoms in total. The Morgan fingerprint density at radius 2 is 1.65 bits per heavy atom. The number of carbonyl (C=O) groups excluding carboxylic acids is 2. The van der Waals surface area contributed by atoms with Gasteiger partial charge in [-0.3, -0.25) is 4.90 Å². The third-order valence-electron chi connectivity index (χ3n) is 6.67. The lowest BCUT2D eigenvalue weighted by atomic mass is 10.1. The highest BCUT2D eigenvalue weighted by Gasteiger charge is 2.43. The number of halogens is 3. The number of nitrogens with zero attached hydrogens (tertiary/aromatic N) is 3. The molecule has 4 rings (SSSR count). The summed E-state index contributed by atoms with van der Waals surface area (Å²) in [6.45, 7) is 1.59. The average Bonchev–Trinajstić information content (AvgIpc) is 2.95. The summed E-state index contributed by atoms with van der Waals surface area (Å²) in [6.07, 6.45) is 2.60. The van der Waals surface area contributed by atoms with Gasteiger partial charge in [0, 0.05) is 24.7 Å². The Morgan fingerprint density at radius 3 is 2.27 bits per heavy atom. The van der Waals surface area contributed by atoms with Crippen molar-refractivity contribution < 1.29 is 41.1 Å². The molecule has 1 atom stereocenters. The molecule has 2 saturated heterocycles. The molecule has 0 bridgehead atoms. The van der Waals surface area contributed by atoms with E-state index in [1.165, 1.54) is 30.7 Å². The van der Waals surface area contributed by atoms with Crippen LogP contribution in [0.4, 0.5) is 13.6 Å². The smallest absolute Gasteiger partial charge is 0.409 e. The van der Waals surface area contributed by atoms with Gasteiger partial charge < -0.3 is 19.2 Å². The maximum absolute atomic E-state index is 14.9. The van der Waals surface area contributed by atoms with E-state index < -0.39 is 57.0 Å². The molecule has 2 fully saturated rings. The number of ether oxygens (including phenoxy) is 2. The molecule has 15 heteroatoms. The monoisotopic (exact) mass is 602 g/mol. The molecule has 0 saturated carbocycles. The highest BCUT2D eigenvalue weighted by Crippen LogP contribution is 2.32. The van der Waals surface area contributed by atoms with Gasteiger partial charge in [0.05, 0.1) is 11.4 Å². The number of carbonyl (C=O) groups is 2. The van der Waals surface area contributed by atoms with E-state index in [-0.39, 0.29) is 25.4 Å². The molecule has 2 aromatic rings. The van der Waals surface area contributed by atoms with Gasteiger partial charge in [-0.1, -0.05) is 18.0 Å². The molecular formula is C25H29ClF2N4O7S. The minimum atomic E-state index is -4.65. The first-order chi connectivity index (χ1) is 19.1. The predicted octanol–water partition coefficient (Wildman–Crippen LogP) is 3.12. The van der Waals surface area contributed by atoms with Gasteiger partial charge in [0.15, 0.2) is 17.4 Å². The predicted molar refractivity (Wildman–Crippen MR) is 139 cm³/mol. The van der Waals surface area contributed by atoms with E-state index in [0.717, 1.165) is 30.8 Å². The highest BCUT2D eigenvalue weighted by molar-refractivity contribution is 7.89. The summed E-state index contributed by atoms with van der Waals surface area (Å²) in [7, 11) is -4.65. The number of likely N-dealkylation sites (tertiary alicyclic amines) is 1. The molecule has 1 amide bonds. The molecule has 2 N–H and O–H groups in total. The lowest BCUT2D eigenvalue weighted by Gasteiger charge is -2.38. The van der Waals surface area contributed by atoms with Crippen molar-refractivity contribution in [3.8, 4) is 11.5 Å². The zero-order chi connectivity index (χ0) is 28.9. The van der Waals surface area contributed by atoms with Crippen LogP contribution in [0.2, 0.25) is 5.02 Å². The topological polar surface area (TPSA) is 132 Å². The second-order valence-electron chi connectivity index (χ2n) is 9.30. The first kappa shape index (κ1) is 29.9.